The molecule has 0 bridgehead atoms. The molecule has 2 aliphatic rings. The Morgan fingerprint density at radius 1 is 1.18 bits per heavy atom. The molecule has 1 unspecified atom stereocenters. The van der Waals surface area contributed by atoms with Gasteiger partial charge in [-0.05, 0) is 56.2 Å². The van der Waals surface area contributed by atoms with Crippen LogP contribution in [0.2, 0.25) is 0 Å². The number of amidine groups is 1. The Balaban J connectivity index is 1.68. The first-order chi connectivity index (χ1) is 16.2. The van der Waals surface area contributed by atoms with Gasteiger partial charge in [0.25, 0.3) is 0 Å². The molecular formula is C25H22F3N3O2S. The predicted molar refractivity (Wildman–Crippen MR) is 126 cm³/mol. The third kappa shape index (κ3) is 3.98. The van der Waals surface area contributed by atoms with Crippen molar-refractivity contribution in [3.8, 4) is 28.4 Å². The van der Waals surface area contributed by atoms with E-state index in [1.54, 1.807) is 30.3 Å². The minimum absolute atomic E-state index is 0.0573. The molecule has 0 aliphatic carbocycles. The summed E-state index contributed by atoms with van der Waals surface area (Å²) >= 11 is 1.29. The number of aliphatic imine (C=N–C) groups is 1. The summed E-state index contributed by atoms with van der Waals surface area (Å²) in [6, 6.07) is 11.4. The van der Waals surface area contributed by atoms with Crippen LogP contribution in [0.25, 0.3) is 11.1 Å². The Kier molecular flexibility index (Phi) is 5.47. The van der Waals surface area contributed by atoms with Gasteiger partial charge in [0.1, 0.15) is 23.8 Å². The summed E-state index contributed by atoms with van der Waals surface area (Å²) in [7, 11) is 0. The number of thioether (sulfide) groups is 1. The van der Waals surface area contributed by atoms with Gasteiger partial charge in [-0.3, -0.25) is 4.99 Å². The van der Waals surface area contributed by atoms with E-state index >= 15 is 4.39 Å². The maximum Gasteiger partial charge on any atom is 0.220 e. The van der Waals surface area contributed by atoms with Crippen molar-refractivity contribution in [2.45, 2.75) is 30.7 Å². The van der Waals surface area contributed by atoms with Gasteiger partial charge in [0.15, 0.2) is 16.7 Å². The molecule has 0 saturated carbocycles. The molecule has 3 heterocycles. The maximum atomic E-state index is 15.3. The number of fused-ring (bicyclic) bond motifs is 4. The van der Waals surface area contributed by atoms with E-state index in [1.165, 1.54) is 37.9 Å². The van der Waals surface area contributed by atoms with Crippen molar-refractivity contribution in [1.29, 1.82) is 0 Å². The van der Waals surface area contributed by atoms with Gasteiger partial charge in [0, 0.05) is 35.5 Å². The van der Waals surface area contributed by atoms with Gasteiger partial charge in [-0.25, -0.2) is 13.8 Å². The monoisotopic (exact) mass is 485 g/mol. The average molecular weight is 486 g/mol. The van der Waals surface area contributed by atoms with Crippen molar-refractivity contribution in [3.05, 3.63) is 71.6 Å². The summed E-state index contributed by atoms with van der Waals surface area (Å²) < 4.78 is 54.4. The highest BCUT2D eigenvalue weighted by molar-refractivity contribution is 8.14. The molecule has 5 nitrogen and oxygen atoms in total. The summed E-state index contributed by atoms with van der Waals surface area (Å²) in [5, 5.41) is 0.347. The molecule has 5 rings (SSSR count). The van der Waals surface area contributed by atoms with Crippen molar-refractivity contribution in [2.24, 2.45) is 10.7 Å². The molecule has 1 aromatic heterocycles. The fourth-order valence-electron chi connectivity index (χ4n) is 4.23. The summed E-state index contributed by atoms with van der Waals surface area (Å²) in [6.07, 6.45) is 1.88. The SMILES string of the molecule is CC(C)(F)COc1cc(F)c2c(c1)C1(CCN=C(N)S1)c1cc(-c3cccnc3F)ccc1O2. The number of nitrogens with two attached hydrogens (primary N) is 1. The lowest BCUT2D eigenvalue weighted by Gasteiger charge is -2.41. The smallest absolute Gasteiger partial charge is 0.220 e. The molecule has 2 N–H and O–H groups in total. The Hall–Kier alpha value is -3.20. The molecule has 2 aliphatic heterocycles. The van der Waals surface area contributed by atoms with Gasteiger partial charge in [0.2, 0.25) is 5.95 Å². The van der Waals surface area contributed by atoms with E-state index in [0.29, 0.717) is 46.1 Å². The van der Waals surface area contributed by atoms with Crippen molar-refractivity contribution in [3.63, 3.8) is 0 Å². The maximum absolute atomic E-state index is 15.3. The first-order valence-electron chi connectivity index (χ1n) is 10.7. The lowest BCUT2D eigenvalue weighted by Crippen LogP contribution is -2.35. The van der Waals surface area contributed by atoms with E-state index in [2.05, 4.69) is 9.98 Å². The van der Waals surface area contributed by atoms with E-state index in [0.717, 1.165) is 0 Å². The average Bonchev–Trinajstić information content (AvgIpc) is 2.78. The summed E-state index contributed by atoms with van der Waals surface area (Å²) in [4.78, 5) is 8.05. The number of rotatable bonds is 4. The molecule has 0 amide bonds. The van der Waals surface area contributed by atoms with E-state index in [1.807, 2.05) is 6.07 Å². The first-order valence-corrected chi connectivity index (χ1v) is 11.6. The molecular weight excluding hydrogens is 463 g/mol. The largest absolute Gasteiger partial charge is 0.490 e. The van der Waals surface area contributed by atoms with Crippen LogP contribution in [-0.2, 0) is 4.75 Å². The fraction of sp³-hybridized carbons (Fsp3) is 0.280. The zero-order chi connectivity index (χ0) is 24.1. The minimum Gasteiger partial charge on any atom is -0.490 e. The molecule has 0 saturated heterocycles. The summed E-state index contributed by atoms with van der Waals surface area (Å²) in [5.74, 6) is -0.536. The molecule has 0 fully saturated rings. The van der Waals surface area contributed by atoms with Crippen LogP contribution in [0.4, 0.5) is 13.2 Å². The third-order valence-corrected chi connectivity index (χ3v) is 7.07. The second kappa shape index (κ2) is 8.23. The Labute approximate surface area is 199 Å². The van der Waals surface area contributed by atoms with Gasteiger partial charge in [-0.1, -0.05) is 17.8 Å². The number of halogens is 3. The summed E-state index contributed by atoms with van der Waals surface area (Å²) in [6.45, 7) is 2.94. The topological polar surface area (TPSA) is 69.7 Å². The van der Waals surface area contributed by atoms with Crippen LogP contribution in [0.3, 0.4) is 0 Å². The molecule has 176 valence electrons. The van der Waals surface area contributed by atoms with Crippen molar-refractivity contribution >= 4 is 16.9 Å². The number of ether oxygens (including phenoxy) is 2. The normalized spacial score (nSPS) is 19.1. The standard InChI is InChI=1S/C25H22F3N3O2S/c1-24(2,28)13-32-15-11-18-21(19(26)12-15)33-20-6-5-14(16-4-3-8-30-22(16)27)10-17(20)25(18)7-9-31-23(29)34-25/h3-6,8,10-12H,7,9,13H2,1-2H3,(H2,29,31). The highest BCUT2D eigenvalue weighted by Gasteiger charge is 2.46. The lowest BCUT2D eigenvalue weighted by molar-refractivity contribution is 0.120. The first kappa shape index (κ1) is 22.6. The quantitative estimate of drug-likeness (QED) is 0.462. The minimum atomic E-state index is -1.59. The van der Waals surface area contributed by atoms with Crippen LogP contribution in [-0.4, -0.2) is 29.0 Å². The number of nitrogens with zero attached hydrogens (tertiary/aromatic N) is 2. The van der Waals surface area contributed by atoms with Gasteiger partial charge in [-0.2, -0.15) is 4.39 Å². The molecule has 0 radical (unpaired) electrons. The highest BCUT2D eigenvalue weighted by atomic mass is 32.2. The van der Waals surface area contributed by atoms with E-state index < -0.39 is 22.2 Å². The van der Waals surface area contributed by atoms with Gasteiger partial charge in [0.05, 0.1) is 4.75 Å². The van der Waals surface area contributed by atoms with E-state index in [-0.39, 0.29) is 18.1 Å². The van der Waals surface area contributed by atoms with Crippen LogP contribution in [0.1, 0.15) is 31.4 Å². The number of alkyl halides is 1. The van der Waals surface area contributed by atoms with E-state index in [9.17, 15) is 8.78 Å². The van der Waals surface area contributed by atoms with Crippen molar-refractivity contribution < 1.29 is 22.6 Å². The zero-order valence-electron chi connectivity index (χ0n) is 18.6. The number of pyridine rings is 1. The predicted octanol–water partition coefficient (Wildman–Crippen LogP) is 5.95. The molecule has 1 spiro atoms. The van der Waals surface area contributed by atoms with Crippen LogP contribution >= 0.6 is 11.8 Å². The number of benzene rings is 2. The second-order valence-electron chi connectivity index (χ2n) is 8.84. The molecule has 34 heavy (non-hydrogen) atoms. The summed E-state index contributed by atoms with van der Waals surface area (Å²) in [5.41, 5.74) is 6.72. The fourth-order valence-corrected chi connectivity index (χ4v) is 5.47. The van der Waals surface area contributed by atoms with Crippen molar-refractivity contribution in [2.75, 3.05) is 13.2 Å². The number of hydrogen-bond acceptors (Lipinski definition) is 6. The molecule has 3 aromatic rings. The van der Waals surface area contributed by atoms with Crippen molar-refractivity contribution in [1.82, 2.24) is 4.98 Å². The second-order valence-corrected chi connectivity index (χ2v) is 10.2. The van der Waals surface area contributed by atoms with Crippen LogP contribution in [0, 0.1) is 11.8 Å². The lowest BCUT2D eigenvalue weighted by atomic mass is 9.82. The zero-order valence-corrected chi connectivity index (χ0v) is 19.4. The van der Waals surface area contributed by atoms with Gasteiger partial charge >= 0.3 is 0 Å². The van der Waals surface area contributed by atoms with Crippen LogP contribution in [0.5, 0.6) is 17.2 Å². The van der Waals surface area contributed by atoms with Crippen LogP contribution < -0.4 is 15.2 Å². The molecule has 9 heteroatoms. The Morgan fingerprint density at radius 2 is 2.00 bits per heavy atom. The number of hydrogen-bond donors (Lipinski definition) is 1. The number of aromatic nitrogens is 1. The molecule has 2 aromatic carbocycles. The van der Waals surface area contributed by atoms with Gasteiger partial charge < -0.3 is 15.2 Å². The Bertz CT molecular complexity index is 1310. The highest BCUT2D eigenvalue weighted by Crippen LogP contribution is 2.58. The van der Waals surface area contributed by atoms with Crippen LogP contribution in [0.15, 0.2) is 53.7 Å². The van der Waals surface area contributed by atoms with Gasteiger partial charge in [-0.15, -0.1) is 0 Å². The molecule has 1 atom stereocenters. The third-order valence-electron chi connectivity index (χ3n) is 5.74. The Morgan fingerprint density at radius 3 is 2.74 bits per heavy atom. The van der Waals surface area contributed by atoms with E-state index in [4.69, 9.17) is 15.2 Å².